The van der Waals surface area contributed by atoms with Crippen molar-refractivity contribution in [3.63, 3.8) is 0 Å². The molecule has 1 fully saturated rings. The van der Waals surface area contributed by atoms with E-state index in [0.717, 1.165) is 13.0 Å². The molecule has 2 N–H and O–H groups in total. The Morgan fingerprint density at radius 1 is 1.26 bits per heavy atom. The maximum absolute atomic E-state index is 12.0. The van der Waals surface area contributed by atoms with Crippen molar-refractivity contribution in [1.82, 2.24) is 9.62 Å². The molecule has 1 saturated carbocycles. The summed E-state index contributed by atoms with van der Waals surface area (Å²) in [5.74, 6) is 0. The summed E-state index contributed by atoms with van der Waals surface area (Å²) >= 11 is 0. The van der Waals surface area contributed by atoms with Gasteiger partial charge in [0.05, 0.1) is 0 Å². The van der Waals surface area contributed by atoms with Crippen LogP contribution in [0.5, 0.6) is 0 Å². The van der Waals surface area contributed by atoms with Crippen LogP contribution in [-0.2, 0) is 10.2 Å². The van der Waals surface area contributed by atoms with Crippen LogP contribution in [0.15, 0.2) is 30.3 Å². The maximum atomic E-state index is 12.0. The first-order valence-electron chi connectivity index (χ1n) is 6.60. The molecule has 1 aliphatic carbocycles. The van der Waals surface area contributed by atoms with Crippen LogP contribution in [0.2, 0.25) is 0 Å². The highest BCUT2D eigenvalue weighted by Crippen LogP contribution is 2.18. The summed E-state index contributed by atoms with van der Waals surface area (Å²) in [5.41, 5.74) is 0.588. The van der Waals surface area contributed by atoms with Gasteiger partial charge in [0.2, 0.25) is 0 Å². The van der Waals surface area contributed by atoms with Gasteiger partial charge in [-0.2, -0.15) is 12.7 Å². The lowest BCUT2D eigenvalue weighted by atomic mass is 10.3. The van der Waals surface area contributed by atoms with Crippen molar-refractivity contribution in [2.24, 2.45) is 0 Å². The van der Waals surface area contributed by atoms with Crippen molar-refractivity contribution in [3.05, 3.63) is 30.3 Å². The van der Waals surface area contributed by atoms with Crippen molar-refractivity contribution < 1.29 is 8.42 Å². The van der Waals surface area contributed by atoms with Gasteiger partial charge < -0.3 is 5.32 Å². The SMILES string of the molecule is CN(CCCNC1CC1)S(=O)(=O)Nc1ccccc1. The van der Waals surface area contributed by atoms with Crippen LogP contribution in [-0.4, -0.2) is 38.9 Å². The second kappa shape index (κ2) is 6.36. The Hall–Kier alpha value is -1.11. The molecule has 19 heavy (non-hydrogen) atoms. The van der Waals surface area contributed by atoms with Crippen LogP contribution in [0.4, 0.5) is 5.69 Å². The fraction of sp³-hybridized carbons (Fsp3) is 0.538. The molecule has 0 aliphatic heterocycles. The minimum atomic E-state index is -3.44. The molecule has 0 amide bonds. The zero-order valence-corrected chi connectivity index (χ0v) is 12.0. The molecule has 0 bridgehead atoms. The molecule has 0 radical (unpaired) electrons. The van der Waals surface area contributed by atoms with Crippen molar-refractivity contribution in [2.75, 3.05) is 24.9 Å². The number of nitrogens with one attached hydrogen (secondary N) is 2. The number of hydrogen-bond donors (Lipinski definition) is 2. The summed E-state index contributed by atoms with van der Waals surface area (Å²) in [6, 6.07) is 9.60. The van der Waals surface area contributed by atoms with E-state index in [1.54, 1.807) is 31.3 Å². The van der Waals surface area contributed by atoms with Crippen molar-refractivity contribution in [2.45, 2.75) is 25.3 Å². The minimum absolute atomic E-state index is 0.516. The fourth-order valence-corrected chi connectivity index (χ4v) is 2.71. The predicted molar refractivity (Wildman–Crippen MR) is 77.3 cm³/mol. The van der Waals surface area contributed by atoms with Gasteiger partial charge in [0, 0.05) is 25.3 Å². The number of nitrogens with zero attached hydrogens (tertiary/aromatic N) is 1. The van der Waals surface area contributed by atoms with E-state index in [2.05, 4.69) is 10.0 Å². The van der Waals surface area contributed by atoms with Gasteiger partial charge in [0.15, 0.2) is 0 Å². The Morgan fingerprint density at radius 3 is 2.58 bits per heavy atom. The Kier molecular flexibility index (Phi) is 4.79. The molecule has 1 aliphatic rings. The van der Waals surface area contributed by atoms with E-state index >= 15 is 0 Å². The average Bonchev–Trinajstić information content (AvgIpc) is 3.19. The van der Waals surface area contributed by atoms with E-state index in [1.165, 1.54) is 17.1 Å². The van der Waals surface area contributed by atoms with Crippen molar-refractivity contribution in [3.8, 4) is 0 Å². The zero-order chi connectivity index (χ0) is 13.7. The normalized spacial score (nSPS) is 15.7. The van der Waals surface area contributed by atoms with Crippen LogP contribution >= 0.6 is 0 Å². The van der Waals surface area contributed by atoms with Gasteiger partial charge in [-0.05, 0) is 37.9 Å². The molecule has 2 rings (SSSR count). The predicted octanol–water partition coefficient (Wildman–Crippen LogP) is 1.42. The maximum Gasteiger partial charge on any atom is 0.301 e. The molecular formula is C13H21N3O2S. The third-order valence-corrected chi connectivity index (χ3v) is 4.59. The summed E-state index contributed by atoms with van der Waals surface area (Å²) in [6.45, 7) is 1.39. The molecule has 6 heteroatoms. The first kappa shape index (κ1) is 14.3. The second-order valence-electron chi connectivity index (χ2n) is 4.88. The topological polar surface area (TPSA) is 61.4 Å². The number of anilines is 1. The summed E-state index contributed by atoms with van der Waals surface area (Å²) in [4.78, 5) is 0. The zero-order valence-electron chi connectivity index (χ0n) is 11.2. The summed E-state index contributed by atoms with van der Waals surface area (Å²) in [5, 5.41) is 3.37. The standard InChI is InChI=1S/C13H21N3O2S/c1-16(11-5-10-14-12-8-9-12)19(17,18)15-13-6-3-2-4-7-13/h2-4,6-7,12,14-15H,5,8-11H2,1H3. The molecule has 0 atom stereocenters. The molecule has 1 aromatic carbocycles. The Morgan fingerprint density at radius 2 is 1.95 bits per heavy atom. The van der Waals surface area contributed by atoms with E-state index in [4.69, 9.17) is 0 Å². The number of rotatable bonds is 8. The number of benzene rings is 1. The molecule has 1 aromatic rings. The monoisotopic (exact) mass is 283 g/mol. The first-order chi connectivity index (χ1) is 9.08. The number of hydrogen-bond acceptors (Lipinski definition) is 3. The fourth-order valence-electron chi connectivity index (χ4n) is 1.75. The highest BCUT2D eigenvalue weighted by Gasteiger charge is 2.20. The lowest BCUT2D eigenvalue weighted by Gasteiger charge is -2.18. The van der Waals surface area contributed by atoms with E-state index < -0.39 is 10.2 Å². The molecule has 0 saturated heterocycles. The second-order valence-corrected chi connectivity index (χ2v) is 6.65. The third-order valence-electron chi connectivity index (χ3n) is 3.09. The quantitative estimate of drug-likeness (QED) is 0.709. The highest BCUT2D eigenvalue weighted by molar-refractivity contribution is 7.90. The van der Waals surface area contributed by atoms with Gasteiger partial charge in [0.1, 0.15) is 0 Å². The molecule has 106 valence electrons. The highest BCUT2D eigenvalue weighted by atomic mass is 32.2. The van der Waals surface area contributed by atoms with E-state index in [-0.39, 0.29) is 0 Å². The Balaban J connectivity index is 1.77. The van der Waals surface area contributed by atoms with Crippen LogP contribution in [0.1, 0.15) is 19.3 Å². The van der Waals surface area contributed by atoms with Crippen LogP contribution < -0.4 is 10.0 Å². The third kappa shape index (κ3) is 4.81. The van der Waals surface area contributed by atoms with E-state index in [0.29, 0.717) is 18.3 Å². The molecule has 0 unspecified atom stereocenters. The Bertz CT molecular complexity index is 486. The van der Waals surface area contributed by atoms with Crippen LogP contribution in [0, 0.1) is 0 Å². The van der Waals surface area contributed by atoms with Crippen LogP contribution in [0.25, 0.3) is 0 Å². The molecular weight excluding hydrogens is 262 g/mol. The van der Waals surface area contributed by atoms with Crippen molar-refractivity contribution >= 4 is 15.9 Å². The first-order valence-corrected chi connectivity index (χ1v) is 8.04. The van der Waals surface area contributed by atoms with E-state index in [9.17, 15) is 8.42 Å². The van der Waals surface area contributed by atoms with Gasteiger partial charge >= 0.3 is 10.2 Å². The molecule has 0 spiro atoms. The van der Waals surface area contributed by atoms with Gasteiger partial charge in [0.25, 0.3) is 0 Å². The Labute approximate surface area is 115 Å². The summed E-state index contributed by atoms with van der Waals surface area (Å²) < 4.78 is 28.0. The van der Waals surface area contributed by atoms with Gasteiger partial charge in [-0.1, -0.05) is 18.2 Å². The number of para-hydroxylation sites is 1. The van der Waals surface area contributed by atoms with Crippen molar-refractivity contribution in [1.29, 1.82) is 0 Å². The minimum Gasteiger partial charge on any atom is -0.314 e. The molecule has 0 heterocycles. The van der Waals surface area contributed by atoms with Crippen LogP contribution in [0.3, 0.4) is 0 Å². The average molecular weight is 283 g/mol. The summed E-state index contributed by atoms with van der Waals surface area (Å²) in [6.07, 6.45) is 3.33. The lowest BCUT2D eigenvalue weighted by Crippen LogP contribution is -2.34. The molecule has 0 aromatic heterocycles. The van der Waals surface area contributed by atoms with Gasteiger partial charge in [-0.15, -0.1) is 0 Å². The van der Waals surface area contributed by atoms with E-state index in [1.807, 2.05) is 6.07 Å². The summed E-state index contributed by atoms with van der Waals surface area (Å²) in [7, 11) is -1.84. The molecule has 5 nitrogen and oxygen atoms in total. The van der Waals surface area contributed by atoms with Gasteiger partial charge in [-0.3, -0.25) is 4.72 Å². The van der Waals surface area contributed by atoms with Gasteiger partial charge in [-0.25, -0.2) is 0 Å². The largest absolute Gasteiger partial charge is 0.314 e. The smallest absolute Gasteiger partial charge is 0.301 e. The lowest BCUT2D eigenvalue weighted by molar-refractivity contribution is 0.458.